The monoisotopic (exact) mass is 545 g/mol. The Morgan fingerprint density at radius 3 is 2.18 bits per heavy atom. The van der Waals surface area contributed by atoms with Crippen molar-refractivity contribution in [1.29, 1.82) is 0 Å². The van der Waals surface area contributed by atoms with Gasteiger partial charge in [-0.15, -0.1) is 10.2 Å². The summed E-state index contributed by atoms with van der Waals surface area (Å²) in [6, 6.07) is 11.3. The first-order valence-electron chi connectivity index (χ1n) is 11.6. The van der Waals surface area contributed by atoms with Gasteiger partial charge in [0.15, 0.2) is 22.5 Å². The molecule has 0 unspecified atom stereocenters. The Morgan fingerprint density at radius 2 is 1.61 bits per heavy atom. The molecule has 0 saturated carbocycles. The average Bonchev–Trinajstić information content (AvgIpc) is 3.30. The Labute approximate surface area is 220 Å². The van der Waals surface area contributed by atoms with Gasteiger partial charge in [-0.2, -0.15) is 13.6 Å². The fourth-order valence-electron chi connectivity index (χ4n) is 3.80. The second kappa shape index (κ2) is 11.1. The van der Waals surface area contributed by atoms with Gasteiger partial charge in [0.05, 0.1) is 12.8 Å². The van der Waals surface area contributed by atoms with Crippen molar-refractivity contribution in [3.63, 3.8) is 0 Å². The zero-order chi connectivity index (χ0) is 27.6. The van der Waals surface area contributed by atoms with Crippen molar-refractivity contribution in [1.82, 2.24) is 20.3 Å². The molecule has 7 nitrogen and oxygen atoms in total. The van der Waals surface area contributed by atoms with Crippen LogP contribution in [0.4, 0.5) is 23.2 Å². The molecule has 3 aromatic carbocycles. The van der Waals surface area contributed by atoms with Gasteiger partial charge >= 0.3 is 0 Å². The second-order valence-electron chi connectivity index (χ2n) is 8.49. The van der Waals surface area contributed by atoms with Gasteiger partial charge in [0.1, 0.15) is 16.6 Å². The number of hydrogen-bond acceptors (Lipinski definition) is 5. The van der Waals surface area contributed by atoms with Gasteiger partial charge in [0.25, 0.3) is 5.91 Å². The van der Waals surface area contributed by atoms with Crippen LogP contribution in [-0.4, -0.2) is 33.1 Å². The Bertz CT molecular complexity index is 1510. The number of rotatable bonds is 7. The van der Waals surface area contributed by atoms with Crippen LogP contribution < -0.4 is 15.4 Å². The number of thiocarbonyl (C=S) groups is 1. The Morgan fingerprint density at radius 1 is 1.00 bits per heavy atom. The minimum atomic E-state index is -1.91. The third kappa shape index (κ3) is 5.30. The van der Waals surface area contributed by atoms with E-state index in [4.69, 9.17) is 12.2 Å². The van der Waals surface area contributed by atoms with E-state index in [9.17, 15) is 22.4 Å². The Balaban J connectivity index is 1.53. The van der Waals surface area contributed by atoms with Crippen molar-refractivity contribution in [3.05, 3.63) is 76.4 Å². The van der Waals surface area contributed by atoms with E-state index in [0.717, 1.165) is 32.1 Å². The average molecular weight is 546 g/mol. The van der Waals surface area contributed by atoms with Crippen molar-refractivity contribution in [2.75, 3.05) is 12.4 Å². The number of unbranched alkanes of at least 4 members (excludes halogenated alkanes) is 1. The van der Waals surface area contributed by atoms with E-state index in [0.29, 0.717) is 22.3 Å². The van der Waals surface area contributed by atoms with Crippen LogP contribution in [0.15, 0.2) is 36.4 Å². The summed E-state index contributed by atoms with van der Waals surface area (Å²) in [5.74, 6) is -10.3. The first-order chi connectivity index (χ1) is 18.1. The summed E-state index contributed by atoms with van der Waals surface area (Å²) in [6.07, 6.45) is 3.22. The van der Waals surface area contributed by atoms with Gasteiger partial charge in [0.2, 0.25) is 11.6 Å². The number of carbonyl (C=O) groups excluding carboxylic acids is 1. The lowest BCUT2D eigenvalue weighted by Gasteiger charge is -2.13. The molecule has 0 spiro atoms. The van der Waals surface area contributed by atoms with Crippen LogP contribution in [0.2, 0.25) is 0 Å². The molecule has 1 amide bonds. The van der Waals surface area contributed by atoms with Crippen LogP contribution in [0.1, 0.15) is 41.3 Å². The molecule has 198 valence electrons. The molecule has 0 radical (unpaired) electrons. The lowest BCUT2D eigenvalue weighted by atomic mass is 10.1. The molecule has 0 bridgehead atoms. The predicted octanol–water partition coefficient (Wildman–Crippen LogP) is 5.76. The fourth-order valence-corrected chi connectivity index (χ4v) is 4.01. The van der Waals surface area contributed by atoms with Crippen LogP contribution >= 0.6 is 12.2 Å². The van der Waals surface area contributed by atoms with Crippen molar-refractivity contribution >= 4 is 40.0 Å². The molecular formula is C26H23F4N5O2S. The van der Waals surface area contributed by atoms with Gasteiger partial charge in [0, 0.05) is 5.69 Å². The van der Waals surface area contributed by atoms with Crippen LogP contribution in [0.3, 0.4) is 0 Å². The number of amides is 1. The highest BCUT2D eigenvalue weighted by Gasteiger charge is 2.30. The van der Waals surface area contributed by atoms with E-state index in [1.165, 1.54) is 10.4 Å². The molecule has 38 heavy (non-hydrogen) atoms. The number of carbonyl (C=O) groups is 1. The van der Waals surface area contributed by atoms with Gasteiger partial charge in [-0.1, -0.05) is 25.5 Å². The predicted molar refractivity (Wildman–Crippen MR) is 139 cm³/mol. The first-order valence-corrected chi connectivity index (χ1v) is 12.0. The molecule has 2 N–H and O–H groups in total. The van der Waals surface area contributed by atoms with Crippen molar-refractivity contribution in [3.8, 4) is 11.4 Å². The topological polar surface area (TPSA) is 81.1 Å². The third-order valence-electron chi connectivity index (χ3n) is 5.84. The Kier molecular flexibility index (Phi) is 7.91. The number of halogens is 4. The van der Waals surface area contributed by atoms with Crippen LogP contribution in [-0.2, 0) is 6.42 Å². The minimum Gasteiger partial charge on any atom is -0.491 e. The molecule has 0 fully saturated rings. The number of anilines is 1. The zero-order valence-corrected chi connectivity index (χ0v) is 21.5. The number of fused-ring (bicyclic) bond motifs is 1. The van der Waals surface area contributed by atoms with Gasteiger partial charge in [-0.05, 0) is 67.4 Å². The van der Waals surface area contributed by atoms with Gasteiger partial charge in [-0.3, -0.25) is 10.1 Å². The number of methoxy groups -OCH3 is 1. The molecule has 1 aromatic heterocycles. The molecule has 0 atom stereocenters. The summed E-state index contributed by atoms with van der Waals surface area (Å²) in [5.41, 5.74) is 2.75. The molecule has 0 aliphatic rings. The molecule has 0 saturated heterocycles. The lowest BCUT2D eigenvalue weighted by molar-refractivity contribution is 0.0966. The van der Waals surface area contributed by atoms with Crippen LogP contribution in [0.5, 0.6) is 5.75 Å². The maximum Gasteiger partial charge on any atom is 0.263 e. The number of benzene rings is 3. The van der Waals surface area contributed by atoms with E-state index in [2.05, 4.69) is 27.2 Å². The molecule has 4 aromatic rings. The van der Waals surface area contributed by atoms with Crippen molar-refractivity contribution in [2.24, 2.45) is 0 Å². The first kappa shape index (κ1) is 27.0. The minimum absolute atomic E-state index is 0.358. The number of ether oxygens (including phenoxy) is 1. The normalized spacial score (nSPS) is 11.0. The molecule has 4 rings (SSSR count). The summed E-state index contributed by atoms with van der Waals surface area (Å²) >= 11 is 5.08. The lowest BCUT2D eigenvalue weighted by Crippen LogP contribution is -2.35. The van der Waals surface area contributed by atoms with Crippen molar-refractivity contribution in [2.45, 2.75) is 33.1 Å². The zero-order valence-electron chi connectivity index (χ0n) is 20.7. The highest BCUT2D eigenvalue weighted by Crippen LogP contribution is 2.30. The van der Waals surface area contributed by atoms with E-state index >= 15 is 0 Å². The summed E-state index contributed by atoms with van der Waals surface area (Å²) in [4.78, 5) is 13.9. The number of nitrogens with one attached hydrogen (secondary N) is 2. The maximum atomic E-state index is 14.3. The van der Waals surface area contributed by atoms with Gasteiger partial charge in [-0.25, -0.2) is 8.78 Å². The van der Waals surface area contributed by atoms with Crippen molar-refractivity contribution < 1.29 is 27.1 Å². The number of nitrogens with zero attached hydrogens (tertiary/aromatic N) is 3. The summed E-state index contributed by atoms with van der Waals surface area (Å²) < 4.78 is 60.8. The van der Waals surface area contributed by atoms with Gasteiger partial charge < -0.3 is 10.1 Å². The summed E-state index contributed by atoms with van der Waals surface area (Å²) in [6.45, 7) is 3.89. The highest BCUT2D eigenvalue weighted by atomic mass is 32.1. The van der Waals surface area contributed by atoms with E-state index in [1.54, 1.807) is 19.1 Å². The quantitative estimate of drug-likeness (QED) is 0.175. The van der Waals surface area contributed by atoms with Crippen LogP contribution in [0.25, 0.3) is 16.7 Å². The van der Waals surface area contributed by atoms with E-state index < -0.39 is 40.5 Å². The standard InChI is InChI=1S/C26H23F4N5O2S/c1-4-5-6-14-7-9-15(10-8-14)35-33-17-11-13(2)16(12-18(17)34-35)31-26(38)32-25(36)19-20(27)22(29)24(37-3)23(30)21(19)28/h7-12H,4-6H2,1-3H3,(H2,31,32,36,38). The maximum absolute atomic E-state index is 14.3. The third-order valence-corrected chi connectivity index (χ3v) is 6.05. The Hall–Kier alpha value is -4.06. The molecule has 1 heterocycles. The van der Waals surface area contributed by atoms with E-state index in [-0.39, 0.29) is 5.11 Å². The molecule has 12 heteroatoms. The SMILES string of the molecule is CCCCc1ccc(-n2nc3cc(C)c(NC(=S)NC(=O)c4c(F)c(F)c(OC)c(F)c4F)cc3n2)cc1. The molecule has 0 aliphatic heterocycles. The summed E-state index contributed by atoms with van der Waals surface area (Å²) in [7, 11) is 0.834. The fraction of sp³-hybridized carbons (Fsp3) is 0.231. The van der Waals surface area contributed by atoms with E-state index in [1.807, 2.05) is 29.6 Å². The number of aromatic nitrogens is 3. The second-order valence-corrected chi connectivity index (χ2v) is 8.90. The number of aryl methyl sites for hydroxylation is 2. The van der Waals surface area contributed by atoms with Crippen LogP contribution in [0, 0.1) is 30.2 Å². The molecule has 0 aliphatic carbocycles. The largest absolute Gasteiger partial charge is 0.491 e. The highest BCUT2D eigenvalue weighted by molar-refractivity contribution is 7.80. The smallest absolute Gasteiger partial charge is 0.263 e. The summed E-state index contributed by atoms with van der Waals surface area (Å²) in [5, 5.41) is 13.4. The molecular weight excluding hydrogens is 522 g/mol. The number of hydrogen-bond donors (Lipinski definition) is 2.